The summed E-state index contributed by atoms with van der Waals surface area (Å²) in [7, 11) is -2.76. The fourth-order valence-electron chi connectivity index (χ4n) is 5.00. The smallest absolute Gasteiger partial charge is 0.232 e. The van der Waals surface area contributed by atoms with E-state index >= 15 is 4.39 Å². The molecular formula is C22H19ClF5N2O2PS. The van der Waals surface area contributed by atoms with Gasteiger partial charge in [-0.2, -0.15) is 17.6 Å². The Kier molecular flexibility index (Phi) is 5.03. The highest BCUT2D eigenvalue weighted by molar-refractivity contribution is 7.90. The Morgan fingerprint density at radius 2 is 1.74 bits per heavy atom. The van der Waals surface area contributed by atoms with E-state index in [1.807, 2.05) is 0 Å². The minimum atomic E-state index is -4.41. The van der Waals surface area contributed by atoms with Gasteiger partial charge in [0.15, 0.2) is 5.41 Å². The molecule has 0 radical (unpaired) electrons. The highest BCUT2D eigenvalue weighted by atomic mass is 35.5. The van der Waals surface area contributed by atoms with Gasteiger partial charge in [-0.15, -0.1) is 0 Å². The van der Waals surface area contributed by atoms with E-state index in [2.05, 4.69) is 5.10 Å². The van der Waals surface area contributed by atoms with Crippen molar-refractivity contribution in [3.05, 3.63) is 58.7 Å². The summed E-state index contributed by atoms with van der Waals surface area (Å²) >= 11 is 6.36. The molecule has 3 unspecified atom stereocenters. The van der Waals surface area contributed by atoms with Crippen molar-refractivity contribution in [3.8, 4) is 0 Å². The lowest BCUT2D eigenvalue weighted by Crippen LogP contribution is -2.39. The maximum absolute atomic E-state index is 15.3. The Bertz CT molecular complexity index is 1410. The van der Waals surface area contributed by atoms with Crippen LogP contribution in [0.1, 0.15) is 43.4 Å². The molecule has 2 aromatic carbocycles. The fourth-order valence-corrected chi connectivity index (χ4v) is 7.16. The van der Waals surface area contributed by atoms with Gasteiger partial charge in [-0.1, -0.05) is 39.0 Å². The molecule has 34 heavy (non-hydrogen) atoms. The van der Waals surface area contributed by atoms with Crippen molar-refractivity contribution in [2.24, 2.45) is 5.41 Å². The topological polar surface area (TPSA) is 52.0 Å². The van der Waals surface area contributed by atoms with Crippen molar-refractivity contribution in [2.75, 3.05) is 0 Å². The first-order chi connectivity index (χ1) is 15.6. The Morgan fingerprint density at radius 3 is 2.29 bits per heavy atom. The van der Waals surface area contributed by atoms with Gasteiger partial charge < -0.3 is 0 Å². The van der Waals surface area contributed by atoms with E-state index in [-0.39, 0.29) is 44.9 Å². The van der Waals surface area contributed by atoms with Crippen molar-refractivity contribution in [2.45, 2.75) is 54.3 Å². The van der Waals surface area contributed by atoms with Crippen molar-refractivity contribution >= 4 is 41.8 Å². The standard InChI is InChI=1S/C22H19ClF5N2O2PS/c1-19(24,25)12-5-7-13(8-6-12)34(31,32)30-16-4-2-3-15(23)17(16)18(29-30)14-11-21(26,27)22(28,33)20(14)9-10-20/h2-8,14H,9-11,33H2,1H3. The number of nitrogens with zero attached hydrogens (tertiary/aromatic N) is 2. The zero-order valence-electron chi connectivity index (χ0n) is 17.7. The van der Waals surface area contributed by atoms with Crippen molar-refractivity contribution < 1.29 is 30.4 Å². The Labute approximate surface area is 199 Å². The first-order valence-corrected chi connectivity index (χ1v) is 12.8. The molecule has 3 atom stereocenters. The lowest BCUT2D eigenvalue weighted by Gasteiger charge is -2.29. The van der Waals surface area contributed by atoms with E-state index in [1.54, 1.807) is 9.24 Å². The number of halogens is 6. The van der Waals surface area contributed by atoms with Crippen LogP contribution in [0.15, 0.2) is 47.4 Å². The summed E-state index contributed by atoms with van der Waals surface area (Å²) in [6, 6.07) is 8.42. The minimum absolute atomic E-state index is 0.0139. The summed E-state index contributed by atoms with van der Waals surface area (Å²) in [6.07, 6.45) is -0.443. The van der Waals surface area contributed by atoms with Crippen LogP contribution in [0.4, 0.5) is 22.0 Å². The molecule has 0 saturated heterocycles. The van der Waals surface area contributed by atoms with E-state index in [1.165, 1.54) is 18.2 Å². The van der Waals surface area contributed by atoms with E-state index in [4.69, 9.17) is 11.6 Å². The Balaban J connectivity index is 1.69. The molecular weight excluding hydrogens is 518 g/mol. The Morgan fingerprint density at radius 1 is 1.12 bits per heavy atom. The van der Waals surface area contributed by atoms with Crippen molar-refractivity contribution in [3.63, 3.8) is 0 Å². The predicted molar refractivity (Wildman–Crippen MR) is 121 cm³/mol. The van der Waals surface area contributed by atoms with Gasteiger partial charge in [0.25, 0.3) is 21.9 Å². The monoisotopic (exact) mass is 536 g/mol. The number of benzene rings is 2. The largest absolute Gasteiger partial charge is 0.285 e. The molecule has 0 N–H and O–H groups in total. The number of alkyl halides is 5. The average Bonchev–Trinajstić information content (AvgIpc) is 3.43. The van der Waals surface area contributed by atoms with Gasteiger partial charge in [0, 0.05) is 35.6 Å². The number of fused-ring (bicyclic) bond motifs is 1. The van der Waals surface area contributed by atoms with Crippen molar-refractivity contribution in [1.82, 2.24) is 9.19 Å². The molecule has 1 aromatic heterocycles. The molecule has 12 heteroatoms. The third-order valence-electron chi connectivity index (χ3n) is 7.04. The predicted octanol–water partition coefficient (Wildman–Crippen LogP) is 6.48. The van der Waals surface area contributed by atoms with Crippen LogP contribution in [0, 0.1) is 5.41 Å². The van der Waals surface area contributed by atoms with Crippen molar-refractivity contribution in [1.29, 1.82) is 0 Å². The number of aromatic nitrogens is 2. The van der Waals surface area contributed by atoms with E-state index < -0.39 is 45.0 Å². The van der Waals surface area contributed by atoms with Crippen LogP contribution < -0.4 is 0 Å². The van der Waals surface area contributed by atoms with Gasteiger partial charge in [0.1, 0.15) is 0 Å². The van der Waals surface area contributed by atoms with Crippen LogP contribution in [0.25, 0.3) is 10.9 Å². The molecule has 182 valence electrons. The average molecular weight is 537 g/mol. The zero-order chi connectivity index (χ0) is 24.9. The summed E-state index contributed by atoms with van der Waals surface area (Å²) in [5.41, 5.74) is -1.75. The highest BCUT2D eigenvalue weighted by Crippen LogP contribution is 2.77. The van der Waals surface area contributed by atoms with Crippen LogP contribution >= 0.6 is 20.8 Å². The number of hydrogen-bond donors (Lipinski definition) is 0. The van der Waals surface area contributed by atoms with Crippen LogP contribution in [-0.2, 0) is 15.9 Å². The molecule has 2 saturated carbocycles. The van der Waals surface area contributed by atoms with Gasteiger partial charge in [-0.25, -0.2) is 22.0 Å². The molecule has 2 aliphatic carbocycles. The third kappa shape index (κ3) is 3.17. The molecule has 0 bridgehead atoms. The second-order valence-electron chi connectivity index (χ2n) is 9.11. The van der Waals surface area contributed by atoms with Gasteiger partial charge in [0.05, 0.1) is 21.1 Å². The lowest BCUT2D eigenvalue weighted by atomic mass is 9.87. The van der Waals surface area contributed by atoms with Gasteiger partial charge >= 0.3 is 0 Å². The zero-order valence-corrected chi connectivity index (χ0v) is 20.4. The first kappa shape index (κ1) is 23.9. The second kappa shape index (κ2) is 7.14. The maximum Gasteiger partial charge on any atom is 0.285 e. The van der Waals surface area contributed by atoms with Crippen LogP contribution in [-0.4, -0.2) is 28.9 Å². The molecule has 2 aliphatic rings. The van der Waals surface area contributed by atoms with E-state index in [0.717, 1.165) is 24.3 Å². The summed E-state index contributed by atoms with van der Waals surface area (Å²) in [5.74, 6) is -7.88. The molecule has 0 aliphatic heterocycles. The molecule has 5 rings (SSSR count). The maximum atomic E-state index is 15.3. The molecule has 0 amide bonds. The van der Waals surface area contributed by atoms with Gasteiger partial charge in [-0.05, 0) is 37.1 Å². The van der Waals surface area contributed by atoms with Crippen LogP contribution in [0.3, 0.4) is 0 Å². The third-order valence-corrected chi connectivity index (χ3v) is 9.96. The fraction of sp³-hybridized carbons (Fsp3) is 0.409. The number of hydrogen-bond acceptors (Lipinski definition) is 3. The van der Waals surface area contributed by atoms with Gasteiger partial charge in [-0.3, -0.25) is 0 Å². The second-order valence-corrected chi connectivity index (χ2v) is 12.1. The molecule has 2 fully saturated rings. The molecule has 3 aromatic rings. The first-order valence-electron chi connectivity index (χ1n) is 10.4. The normalized spacial score (nSPS) is 25.8. The molecule has 1 heterocycles. The summed E-state index contributed by atoms with van der Waals surface area (Å²) < 4.78 is 99.3. The Hall–Kier alpha value is -1.77. The lowest BCUT2D eigenvalue weighted by molar-refractivity contribution is -0.0842. The summed E-state index contributed by atoms with van der Waals surface area (Å²) in [6.45, 7) is 0.688. The van der Waals surface area contributed by atoms with Crippen LogP contribution in [0.5, 0.6) is 0 Å². The number of rotatable bonds is 4. The van der Waals surface area contributed by atoms with E-state index in [0.29, 0.717) is 11.0 Å². The quantitative estimate of drug-likeness (QED) is 0.283. The van der Waals surface area contributed by atoms with Crippen LogP contribution in [0.2, 0.25) is 5.02 Å². The molecule has 1 spiro atoms. The summed E-state index contributed by atoms with van der Waals surface area (Å²) in [5, 5.41) is 1.59. The van der Waals surface area contributed by atoms with E-state index in [9.17, 15) is 26.0 Å². The molecule has 4 nitrogen and oxygen atoms in total. The van der Waals surface area contributed by atoms with Gasteiger partial charge in [0.2, 0.25) is 0 Å². The SMILES string of the molecule is CC(F)(F)c1ccc(S(=O)(=O)n2nc(C3CC(F)(F)C(F)(P)C34CC4)c3c(Cl)cccc32)cc1. The minimum Gasteiger partial charge on any atom is -0.232 e. The summed E-state index contributed by atoms with van der Waals surface area (Å²) in [4.78, 5) is -0.319. The highest BCUT2D eigenvalue weighted by Gasteiger charge is 2.78.